The Hall–Kier alpha value is -0.730. The maximum absolute atomic E-state index is 5.27. The molecule has 3 nitrogen and oxygen atoms in total. The van der Waals surface area contributed by atoms with Gasteiger partial charge < -0.3 is 11.1 Å². The summed E-state index contributed by atoms with van der Waals surface area (Å²) in [7, 11) is 0. The summed E-state index contributed by atoms with van der Waals surface area (Å²) in [4.78, 5) is 3.91. The van der Waals surface area contributed by atoms with E-state index in [4.69, 9.17) is 5.73 Å². The fourth-order valence-electron chi connectivity index (χ4n) is 0.551. The van der Waals surface area contributed by atoms with Gasteiger partial charge in [0.25, 0.3) is 0 Å². The number of hydrogen-bond donors (Lipinski definition) is 2. The monoisotopic (exact) mass is 159 g/mol. The van der Waals surface area contributed by atoms with Gasteiger partial charge in [0, 0.05) is 13.1 Å². The molecule has 1 rings (SSSR count). The lowest BCUT2D eigenvalue weighted by Crippen LogP contribution is -2.35. The third-order valence-electron chi connectivity index (χ3n) is 0.923. The largest absolute Gasteiger partial charge is 0.370 e. The number of guanidine groups is 1. The first-order valence-electron chi connectivity index (χ1n) is 4.43. The molecule has 0 amide bonds. The van der Waals surface area contributed by atoms with E-state index in [1.165, 1.54) is 0 Å². The molecule has 1 aliphatic rings. The van der Waals surface area contributed by atoms with Gasteiger partial charge in [-0.3, -0.25) is 4.99 Å². The van der Waals surface area contributed by atoms with Crippen LogP contribution in [0.3, 0.4) is 0 Å². The Morgan fingerprint density at radius 2 is 1.82 bits per heavy atom. The summed E-state index contributed by atoms with van der Waals surface area (Å²) in [5.41, 5.74) is 5.27. The zero-order chi connectivity index (χ0) is 9.11. The van der Waals surface area contributed by atoms with Gasteiger partial charge in [-0.15, -0.1) is 0 Å². The van der Waals surface area contributed by atoms with Crippen LogP contribution in [0.1, 0.15) is 34.1 Å². The van der Waals surface area contributed by atoms with Crippen molar-refractivity contribution in [3.05, 3.63) is 0 Å². The fraction of sp³-hybridized carbons (Fsp3) is 0.875. The maximum Gasteiger partial charge on any atom is 0.188 e. The molecule has 0 aromatic carbocycles. The molecular weight excluding hydrogens is 138 g/mol. The molecule has 0 spiro atoms. The second kappa shape index (κ2) is 12.0. The molecule has 3 heteroatoms. The van der Waals surface area contributed by atoms with Crippen molar-refractivity contribution in [1.82, 2.24) is 5.32 Å². The molecule has 11 heavy (non-hydrogen) atoms. The lowest BCUT2D eigenvalue weighted by Gasteiger charge is -2.08. The first kappa shape index (κ1) is 12.9. The van der Waals surface area contributed by atoms with E-state index in [2.05, 4.69) is 10.3 Å². The molecule has 0 fully saturated rings. The summed E-state index contributed by atoms with van der Waals surface area (Å²) in [5, 5.41) is 2.91. The fourth-order valence-corrected chi connectivity index (χ4v) is 0.551. The molecule has 0 saturated carbocycles. The Labute approximate surface area is 70.1 Å². The van der Waals surface area contributed by atoms with Crippen LogP contribution in [0.15, 0.2) is 4.99 Å². The van der Waals surface area contributed by atoms with Crippen molar-refractivity contribution >= 4 is 5.96 Å². The van der Waals surface area contributed by atoms with Crippen molar-refractivity contribution in [1.29, 1.82) is 0 Å². The molecule has 0 saturated heterocycles. The number of hydrogen-bond acceptors (Lipinski definition) is 3. The normalized spacial score (nSPS) is 14.0. The molecule has 0 unspecified atom stereocenters. The summed E-state index contributed by atoms with van der Waals surface area (Å²) in [6, 6.07) is 0. The van der Waals surface area contributed by atoms with Crippen LogP contribution >= 0.6 is 0 Å². The predicted octanol–water partition coefficient (Wildman–Crippen LogP) is 1.35. The van der Waals surface area contributed by atoms with Gasteiger partial charge >= 0.3 is 0 Å². The van der Waals surface area contributed by atoms with E-state index in [0.29, 0.717) is 5.96 Å². The molecule has 1 aliphatic heterocycles. The zero-order valence-electron chi connectivity index (χ0n) is 8.15. The first-order chi connectivity index (χ1) is 5.39. The number of nitrogens with two attached hydrogens (primary N) is 1. The number of aliphatic imine (C=N–C) groups is 1. The molecule has 1 heterocycles. The third-order valence-corrected chi connectivity index (χ3v) is 0.923. The molecule has 3 N–H and O–H groups in total. The number of rotatable bonds is 0. The SMILES string of the molecule is CC.CC.NC1=NCCCN1. The highest BCUT2D eigenvalue weighted by molar-refractivity contribution is 5.78. The van der Waals surface area contributed by atoms with Crippen LogP contribution in [0.25, 0.3) is 0 Å². The van der Waals surface area contributed by atoms with E-state index in [-0.39, 0.29) is 0 Å². The van der Waals surface area contributed by atoms with Crippen molar-refractivity contribution in [2.24, 2.45) is 10.7 Å². The third kappa shape index (κ3) is 9.27. The summed E-state index contributed by atoms with van der Waals surface area (Å²) in [6.45, 7) is 9.87. The Balaban J connectivity index is 0. The summed E-state index contributed by atoms with van der Waals surface area (Å²) < 4.78 is 0. The minimum absolute atomic E-state index is 0.589. The topological polar surface area (TPSA) is 50.4 Å². The molecule has 68 valence electrons. The molecular formula is C8H21N3. The Kier molecular flexibility index (Phi) is 14.1. The Bertz CT molecular complexity index is 89.3. The van der Waals surface area contributed by atoms with Crippen molar-refractivity contribution in [3.8, 4) is 0 Å². The highest BCUT2D eigenvalue weighted by atomic mass is 15.1. The summed E-state index contributed by atoms with van der Waals surface area (Å²) >= 11 is 0. The minimum atomic E-state index is 0.589. The van der Waals surface area contributed by atoms with E-state index in [0.717, 1.165) is 19.5 Å². The van der Waals surface area contributed by atoms with Gasteiger partial charge in [0.2, 0.25) is 0 Å². The van der Waals surface area contributed by atoms with Crippen LogP contribution in [0.2, 0.25) is 0 Å². The van der Waals surface area contributed by atoms with Crippen LogP contribution in [-0.4, -0.2) is 19.0 Å². The Morgan fingerprint density at radius 1 is 1.27 bits per heavy atom. The maximum atomic E-state index is 5.27. The number of nitrogens with one attached hydrogen (secondary N) is 1. The van der Waals surface area contributed by atoms with Gasteiger partial charge in [0.05, 0.1) is 0 Å². The average Bonchev–Trinajstić information content (AvgIpc) is 2.13. The van der Waals surface area contributed by atoms with Gasteiger partial charge in [-0.25, -0.2) is 0 Å². The lowest BCUT2D eigenvalue weighted by molar-refractivity contribution is 0.736. The van der Waals surface area contributed by atoms with E-state index in [1.54, 1.807) is 0 Å². The van der Waals surface area contributed by atoms with Crippen molar-refractivity contribution in [2.45, 2.75) is 34.1 Å². The minimum Gasteiger partial charge on any atom is -0.370 e. The molecule has 0 radical (unpaired) electrons. The standard InChI is InChI=1S/C4H9N3.2C2H6/c5-4-6-2-1-3-7-4;2*1-2/h1-3H2,(H3,5,6,7);2*1-2H3. The highest BCUT2D eigenvalue weighted by Crippen LogP contribution is 1.83. The van der Waals surface area contributed by atoms with E-state index in [9.17, 15) is 0 Å². The zero-order valence-corrected chi connectivity index (χ0v) is 8.15. The smallest absolute Gasteiger partial charge is 0.188 e. The van der Waals surface area contributed by atoms with Gasteiger partial charge in [-0.2, -0.15) is 0 Å². The van der Waals surface area contributed by atoms with Crippen molar-refractivity contribution < 1.29 is 0 Å². The molecule has 0 aromatic rings. The van der Waals surface area contributed by atoms with Gasteiger partial charge in [-0.05, 0) is 6.42 Å². The van der Waals surface area contributed by atoms with Crippen LogP contribution < -0.4 is 11.1 Å². The summed E-state index contributed by atoms with van der Waals surface area (Å²) in [5.74, 6) is 0.589. The van der Waals surface area contributed by atoms with Crippen LogP contribution in [0.5, 0.6) is 0 Å². The molecule has 0 atom stereocenters. The Morgan fingerprint density at radius 3 is 2.00 bits per heavy atom. The van der Waals surface area contributed by atoms with Crippen molar-refractivity contribution in [2.75, 3.05) is 13.1 Å². The van der Waals surface area contributed by atoms with Gasteiger partial charge in [0.1, 0.15) is 0 Å². The van der Waals surface area contributed by atoms with E-state index >= 15 is 0 Å². The predicted molar refractivity (Wildman–Crippen MR) is 51.8 cm³/mol. The second-order valence-electron chi connectivity index (χ2n) is 1.55. The van der Waals surface area contributed by atoms with Crippen LogP contribution in [0, 0.1) is 0 Å². The summed E-state index contributed by atoms with van der Waals surface area (Å²) in [6.07, 6.45) is 1.11. The lowest BCUT2D eigenvalue weighted by atomic mass is 10.4. The quantitative estimate of drug-likeness (QED) is 0.560. The first-order valence-corrected chi connectivity index (χ1v) is 4.43. The van der Waals surface area contributed by atoms with E-state index < -0.39 is 0 Å². The molecule has 0 aliphatic carbocycles. The molecule has 0 aromatic heterocycles. The van der Waals surface area contributed by atoms with Crippen LogP contribution in [-0.2, 0) is 0 Å². The van der Waals surface area contributed by atoms with Gasteiger partial charge in [-0.1, -0.05) is 27.7 Å². The van der Waals surface area contributed by atoms with Crippen molar-refractivity contribution in [3.63, 3.8) is 0 Å². The number of nitrogens with zero attached hydrogens (tertiary/aromatic N) is 1. The van der Waals surface area contributed by atoms with Gasteiger partial charge in [0.15, 0.2) is 5.96 Å². The average molecular weight is 159 g/mol. The van der Waals surface area contributed by atoms with Crippen LogP contribution in [0.4, 0.5) is 0 Å². The second-order valence-corrected chi connectivity index (χ2v) is 1.55. The van der Waals surface area contributed by atoms with E-state index in [1.807, 2.05) is 27.7 Å². The molecule has 0 bridgehead atoms. The highest BCUT2D eigenvalue weighted by Gasteiger charge is 1.94.